The van der Waals surface area contributed by atoms with Crippen molar-refractivity contribution in [1.29, 1.82) is 0 Å². The third-order valence-corrected chi connectivity index (χ3v) is 2.69. The quantitative estimate of drug-likeness (QED) is 0.586. The van der Waals surface area contributed by atoms with Crippen molar-refractivity contribution in [3.63, 3.8) is 0 Å². The van der Waals surface area contributed by atoms with Crippen LogP contribution in [0.25, 0.3) is 0 Å². The van der Waals surface area contributed by atoms with Gasteiger partial charge in [0.1, 0.15) is 0 Å². The van der Waals surface area contributed by atoms with Crippen LogP contribution in [0.15, 0.2) is 24.8 Å². The van der Waals surface area contributed by atoms with Crippen molar-refractivity contribution in [2.24, 2.45) is 5.41 Å². The molecule has 0 aromatic carbocycles. The van der Waals surface area contributed by atoms with E-state index in [1.54, 1.807) is 0 Å². The Labute approximate surface area is 89.5 Å². The van der Waals surface area contributed by atoms with E-state index >= 15 is 0 Å². The summed E-state index contributed by atoms with van der Waals surface area (Å²) in [5.41, 5.74) is 0.241. The zero-order valence-electron chi connectivity index (χ0n) is 10.4. The van der Waals surface area contributed by atoms with Gasteiger partial charge in [-0.3, -0.25) is 0 Å². The van der Waals surface area contributed by atoms with Gasteiger partial charge in [0.2, 0.25) is 0 Å². The zero-order valence-corrected chi connectivity index (χ0v) is 10.4. The average Bonchev–Trinajstić information content (AvgIpc) is 2.13. The molecular weight excluding hydrogens is 170 g/mol. The molecule has 14 heavy (non-hydrogen) atoms. The summed E-state index contributed by atoms with van der Waals surface area (Å²) in [6.07, 6.45) is 7.60. The lowest BCUT2D eigenvalue weighted by Crippen LogP contribution is -2.27. The van der Waals surface area contributed by atoms with Crippen molar-refractivity contribution in [2.45, 2.75) is 40.2 Å². The molecule has 0 aliphatic heterocycles. The molecule has 0 aromatic heterocycles. The maximum atomic E-state index is 3.78. The first-order valence-electron chi connectivity index (χ1n) is 5.43. The first-order valence-corrected chi connectivity index (χ1v) is 5.43. The minimum atomic E-state index is 0.241. The Balaban J connectivity index is 4.20. The fourth-order valence-electron chi connectivity index (χ4n) is 1.27. The summed E-state index contributed by atoms with van der Waals surface area (Å²) in [6.45, 7) is 13.8. The van der Waals surface area contributed by atoms with E-state index in [0.29, 0.717) is 6.04 Å². The third kappa shape index (κ3) is 5.23. The van der Waals surface area contributed by atoms with Crippen LogP contribution in [0.3, 0.4) is 0 Å². The Morgan fingerprint density at radius 2 is 2.00 bits per heavy atom. The summed E-state index contributed by atoms with van der Waals surface area (Å²) in [6, 6.07) is 0.518. The molecule has 1 nitrogen and oxygen atoms in total. The largest absolute Gasteiger partial charge is 0.301 e. The zero-order chi connectivity index (χ0) is 11.2. The van der Waals surface area contributed by atoms with E-state index in [-0.39, 0.29) is 5.41 Å². The number of hydrogen-bond acceptors (Lipinski definition) is 1. The highest BCUT2D eigenvalue weighted by molar-refractivity contribution is 5.01. The van der Waals surface area contributed by atoms with Crippen molar-refractivity contribution < 1.29 is 0 Å². The van der Waals surface area contributed by atoms with Crippen LogP contribution in [-0.2, 0) is 0 Å². The average molecular weight is 195 g/mol. The molecule has 0 rings (SSSR count). The van der Waals surface area contributed by atoms with Gasteiger partial charge in [-0.15, -0.1) is 6.58 Å². The molecule has 0 aliphatic carbocycles. The van der Waals surface area contributed by atoms with Crippen LogP contribution in [0, 0.1) is 5.41 Å². The number of hydrogen-bond donors (Lipinski definition) is 0. The van der Waals surface area contributed by atoms with Crippen molar-refractivity contribution in [3.8, 4) is 0 Å². The summed E-state index contributed by atoms with van der Waals surface area (Å²) in [5.74, 6) is 0. The van der Waals surface area contributed by atoms with E-state index < -0.39 is 0 Å². The van der Waals surface area contributed by atoms with Gasteiger partial charge in [-0.05, 0) is 32.4 Å². The van der Waals surface area contributed by atoms with E-state index in [4.69, 9.17) is 0 Å². The second-order valence-corrected chi connectivity index (χ2v) is 4.65. The van der Waals surface area contributed by atoms with Gasteiger partial charge in [0.15, 0.2) is 0 Å². The third-order valence-electron chi connectivity index (χ3n) is 2.69. The van der Waals surface area contributed by atoms with Gasteiger partial charge >= 0.3 is 0 Å². The highest BCUT2D eigenvalue weighted by Crippen LogP contribution is 2.22. The molecule has 82 valence electrons. The molecule has 0 saturated carbocycles. The molecule has 0 amide bonds. The lowest BCUT2D eigenvalue weighted by atomic mass is 9.88. The highest BCUT2D eigenvalue weighted by atomic mass is 15.1. The Bertz CT molecular complexity index is 191. The Morgan fingerprint density at radius 3 is 2.43 bits per heavy atom. The van der Waals surface area contributed by atoms with E-state index in [0.717, 1.165) is 13.0 Å². The molecule has 0 saturated heterocycles. The summed E-state index contributed by atoms with van der Waals surface area (Å²) in [7, 11) is 2.15. The SMILES string of the molecule is C=CCC(C)(C)C=CC(C)N(C)CC. The van der Waals surface area contributed by atoms with Crippen LogP contribution in [0.1, 0.15) is 34.1 Å². The van der Waals surface area contributed by atoms with Gasteiger partial charge in [-0.2, -0.15) is 0 Å². The lowest BCUT2D eigenvalue weighted by molar-refractivity contribution is 0.311. The number of nitrogens with zero attached hydrogens (tertiary/aromatic N) is 1. The smallest absolute Gasteiger partial charge is 0.0246 e. The van der Waals surface area contributed by atoms with Gasteiger partial charge in [0.25, 0.3) is 0 Å². The summed E-state index contributed by atoms with van der Waals surface area (Å²) in [4.78, 5) is 2.32. The van der Waals surface area contributed by atoms with Crippen molar-refractivity contribution in [1.82, 2.24) is 4.90 Å². The molecule has 0 fully saturated rings. The molecule has 1 heteroatoms. The standard InChI is InChI=1S/C13H25N/c1-7-10-13(4,5)11-9-12(3)14(6)8-2/h7,9,11-12H,1,8,10H2,2-6H3. The fraction of sp³-hybridized carbons (Fsp3) is 0.692. The van der Waals surface area contributed by atoms with Gasteiger partial charge in [-0.25, -0.2) is 0 Å². The van der Waals surface area contributed by atoms with Crippen LogP contribution >= 0.6 is 0 Å². The van der Waals surface area contributed by atoms with Crippen LogP contribution in [-0.4, -0.2) is 24.5 Å². The molecule has 0 spiro atoms. The molecule has 1 atom stereocenters. The molecule has 1 unspecified atom stereocenters. The molecule has 0 radical (unpaired) electrons. The minimum Gasteiger partial charge on any atom is -0.301 e. The monoisotopic (exact) mass is 195 g/mol. The molecule has 0 aromatic rings. The Kier molecular flexibility index (Phi) is 5.78. The first kappa shape index (κ1) is 13.4. The second kappa shape index (κ2) is 6.02. The van der Waals surface area contributed by atoms with Crippen molar-refractivity contribution >= 4 is 0 Å². The summed E-state index contributed by atoms with van der Waals surface area (Å²) >= 11 is 0. The maximum absolute atomic E-state index is 3.78. The van der Waals surface area contributed by atoms with Crippen LogP contribution in [0.4, 0.5) is 0 Å². The second-order valence-electron chi connectivity index (χ2n) is 4.65. The predicted octanol–water partition coefficient (Wildman–Crippen LogP) is 3.49. The normalized spacial score (nSPS) is 15.0. The van der Waals surface area contributed by atoms with Crippen molar-refractivity contribution in [2.75, 3.05) is 13.6 Å². The van der Waals surface area contributed by atoms with Gasteiger partial charge in [0, 0.05) is 6.04 Å². The van der Waals surface area contributed by atoms with Crippen LogP contribution < -0.4 is 0 Å². The summed E-state index contributed by atoms with van der Waals surface area (Å²) in [5, 5.41) is 0. The van der Waals surface area contributed by atoms with Gasteiger partial charge in [0.05, 0.1) is 0 Å². The van der Waals surface area contributed by atoms with E-state index in [1.807, 2.05) is 6.08 Å². The van der Waals surface area contributed by atoms with Gasteiger partial charge < -0.3 is 4.90 Å². The predicted molar refractivity (Wildman–Crippen MR) is 65.5 cm³/mol. The van der Waals surface area contributed by atoms with Crippen molar-refractivity contribution in [3.05, 3.63) is 24.8 Å². The Hall–Kier alpha value is -0.560. The number of likely N-dealkylation sites (N-methyl/N-ethyl adjacent to an activating group) is 1. The molecule has 0 heterocycles. The van der Waals surface area contributed by atoms with E-state index in [1.165, 1.54) is 0 Å². The van der Waals surface area contributed by atoms with E-state index in [2.05, 4.69) is 58.4 Å². The number of allylic oxidation sites excluding steroid dienone is 2. The first-order chi connectivity index (χ1) is 6.43. The molecular formula is C13H25N. The van der Waals surface area contributed by atoms with Crippen LogP contribution in [0.2, 0.25) is 0 Å². The minimum absolute atomic E-state index is 0.241. The van der Waals surface area contributed by atoms with E-state index in [9.17, 15) is 0 Å². The molecule has 0 N–H and O–H groups in total. The molecule has 0 bridgehead atoms. The summed E-state index contributed by atoms with van der Waals surface area (Å²) < 4.78 is 0. The topological polar surface area (TPSA) is 3.24 Å². The number of rotatable bonds is 6. The Morgan fingerprint density at radius 1 is 1.43 bits per heavy atom. The van der Waals surface area contributed by atoms with Crippen LogP contribution in [0.5, 0.6) is 0 Å². The maximum Gasteiger partial charge on any atom is 0.0246 e. The van der Waals surface area contributed by atoms with Gasteiger partial charge in [-0.1, -0.05) is 39.0 Å². The fourth-order valence-corrected chi connectivity index (χ4v) is 1.27. The lowest BCUT2D eigenvalue weighted by Gasteiger charge is -2.23. The highest BCUT2D eigenvalue weighted by Gasteiger charge is 2.12. The molecule has 0 aliphatic rings.